The van der Waals surface area contributed by atoms with Gasteiger partial charge in [-0.05, 0) is 51.5 Å². The Balaban J connectivity index is 2.43. The molecule has 0 aliphatic carbocycles. The van der Waals surface area contributed by atoms with Gasteiger partial charge in [-0.2, -0.15) is 5.10 Å². The van der Waals surface area contributed by atoms with Gasteiger partial charge in [0, 0.05) is 11.7 Å². The average molecular weight is 262 g/mol. The monoisotopic (exact) mass is 262 g/mol. The number of nitrogen functional groups attached to an aromatic ring is 1. The van der Waals surface area contributed by atoms with E-state index in [0.717, 1.165) is 22.8 Å². The summed E-state index contributed by atoms with van der Waals surface area (Å²) >= 11 is 0. The van der Waals surface area contributed by atoms with E-state index < -0.39 is 0 Å². The van der Waals surface area contributed by atoms with Crippen molar-refractivity contribution >= 4 is 17.2 Å². The zero-order valence-corrected chi connectivity index (χ0v) is 11.7. The summed E-state index contributed by atoms with van der Waals surface area (Å²) in [5, 5.41) is 7.66. The minimum atomic E-state index is -0.246. The van der Waals surface area contributed by atoms with Gasteiger partial charge in [-0.15, -0.1) is 0 Å². The fourth-order valence-corrected chi connectivity index (χ4v) is 1.95. The van der Waals surface area contributed by atoms with Gasteiger partial charge in [-0.25, -0.2) is 9.07 Å². The first-order valence-electron chi connectivity index (χ1n) is 6.28. The minimum absolute atomic E-state index is 0.194. The first kappa shape index (κ1) is 13.4. The molecule has 1 aromatic carbocycles. The number of hydrogen-bond acceptors (Lipinski definition) is 3. The second kappa shape index (κ2) is 4.91. The molecule has 0 saturated heterocycles. The third kappa shape index (κ3) is 2.54. The zero-order valence-electron chi connectivity index (χ0n) is 11.7. The second-order valence-electron chi connectivity index (χ2n) is 4.97. The van der Waals surface area contributed by atoms with Crippen molar-refractivity contribution in [2.24, 2.45) is 0 Å². The first-order valence-corrected chi connectivity index (χ1v) is 6.28. The molecule has 1 aromatic heterocycles. The quantitative estimate of drug-likeness (QED) is 0.889. The van der Waals surface area contributed by atoms with Crippen LogP contribution in [0.1, 0.15) is 31.1 Å². The minimum Gasteiger partial charge on any atom is -0.394 e. The summed E-state index contributed by atoms with van der Waals surface area (Å²) in [5.74, 6) is 0.506. The molecule has 19 heavy (non-hydrogen) atoms. The number of benzene rings is 1. The molecular weight excluding hydrogens is 243 g/mol. The highest BCUT2D eigenvalue weighted by Crippen LogP contribution is 2.30. The predicted octanol–water partition coefficient (Wildman–Crippen LogP) is 3.55. The van der Waals surface area contributed by atoms with Crippen molar-refractivity contribution in [1.29, 1.82) is 0 Å². The Morgan fingerprint density at radius 1 is 1.32 bits per heavy atom. The fourth-order valence-electron chi connectivity index (χ4n) is 1.95. The summed E-state index contributed by atoms with van der Waals surface area (Å²) in [6.45, 7) is 7.80. The molecule has 0 spiro atoms. The fraction of sp³-hybridized carbons (Fsp3) is 0.357. The second-order valence-corrected chi connectivity index (χ2v) is 4.97. The van der Waals surface area contributed by atoms with Crippen LogP contribution in [0.25, 0.3) is 0 Å². The highest BCUT2D eigenvalue weighted by Gasteiger charge is 2.15. The maximum absolute atomic E-state index is 13.1. The average Bonchev–Trinajstić information content (AvgIpc) is 2.61. The van der Waals surface area contributed by atoms with Crippen LogP contribution in [0.4, 0.5) is 21.6 Å². The molecule has 2 rings (SSSR count). The van der Waals surface area contributed by atoms with E-state index in [0.29, 0.717) is 5.69 Å². The van der Waals surface area contributed by atoms with Crippen LogP contribution in [-0.4, -0.2) is 9.78 Å². The van der Waals surface area contributed by atoms with Crippen LogP contribution in [0, 0.1) is 19.7 Å². The molecule has 4 nitrogen and oxygen atoms in total. The largest absolute Gasteiger partial charge is 0.394 e. The molecule has 0 bridgehead atoms. The zero-order chi connectivity index (χ0) is 14.2. The number of nitrogens with zero attached hydrogens (tertiary/aromatic N) is 2. The lowest BCUT2D eigenvalue weighted by atomic mass is 10.2. The molecule has 5 heteroatoms. The van der Waals surface area contributed by atoms with Gasteiger partial charge < -0.3 is 11.1 Å². The van der Waals surface area contributed by atoms with Crippen LogP contribution < -0.4 is 11.1 Å². The summed E-state index contributed by atoms with van der Waals surface area (Å²) < 4.78 is 14.9. The van der Waals surface area contributed by atoms with E-state index in [9.17, 15) is 4.39 Å². The molecule has 0 saturated carbocycles. The molecule has 1 heterocycles. The molecule has 2 aromatic rings. The summed E-state index contributed by atoms with van der Waals surface area (Å²) in [7, 11) is 0. The smallest absolute Gasteiger partial charge is 0.152 e. The van der Waals surface area contributed by atoms with Gasteiger partial charge in [0.15, 0.2) is 5.82 Å². The Kier molecular flexibility index (Phi) is 3.46. The lowest BCUT2D eigenvalue weighted by molar-refractivity contribution is 0.536. The van der Waals surface area contributed by atoms with Gasteiger partial charge in [-0.3, -0.25) is 0 Å². The number of aryl methyl sites for hydroxylation is 2. The summed E-state index contributed by atoms with van der Waals surface area (Å²) in [5.41, 5.74) is 9.12. The van der Waals surface area contributed by atoms with Crippen molar-refractivity contribution in [3.05, 3.63) is 35.3 Å². The standard InChI is InChI=1S/C14H19FN4/c1-8(2)19-14(13(16)10(4)18-19)17-12-6-5-11(15)7-9(12)3/h5-8,17H,16H2,1-4H3. The number of aromatic nitrogens is 2. The van der Waals surface area contributed by atoms with E-state index in [1.54, 1.807) is 6.07 Å². The van der Waals surface area contributed by atoms with Crippen molar-refractivity contribution in [2.75, 3.05) is 11.1 Å². The molecule has 0 atom stereocenters. The van der Waals surface area contributed by atoms with Gasteiger partial charge in [0.2, 0.25) is 0 Å². The van der Waals surface area contributed by atoms with Gasteiger partial charge in [0.05, 0.1) is 11.4 Å². The van der Waals surface area contributed by atoms with E-state index in [-0.39, 0.29) is 11.9 Å². The van der Waals surface area contributed by atoms with E-state index >= 15 is 0 Å². The molecule has 0 aliphatic heterocycles. The molecule has 0 aliphatic rings. The van der Waals surface area contributed by atoms with E-state index in [1.807, 2.05) is 32.4 Å². The molecule has 102 valence electrons. The topological polar surface area (TPSA) is 55.9 Å². The van der Waals surface area contributed by atoms with Crippen LogP contribution >= 0.6 is 0 Å². The third-order valence-corrected chi connectivity index (χ3v) is 3.06. The number of hydrogen-bond donors (Lipinski definition) is 2. The van der Waals surface area contributed by atoms with Crippen molar-refractivity contribution in [2.45, 2.75) is 33.7 Å². The SMILES string of the molecule is Cc1cc(F)ccc1Nc1c(N)c(C)nn1C(C)C. The van der Waals surface area contributed by atoms with Crippen LogP contribution in [0.3, 0.4) is 0 Å². The van der Waals surface area contributed by atoms with Gasteiger partial charge in [-0.1, -0.05) is 0 Å². The number of anilines is 3. The molecule has 0 amide bonds. The molecule has 0 fully saturated rings. The van der Waals surface area contributed by atoms with Crippen molar-refractivity contribution in [3.8, 4) is 0 Å². The Labute approximate surface area is 112 Å². The van der Waals surface area contributed by atoms with Crippen molar-refractivity contribution < 1.29 is 4.39 Å². The Hall–Kier alpha value is -2.04. The highest BCUT2D eigenvalue weighted by atomic mass is 19.1. The van der Waals surface area contributed by atoms with Gasteiger partial charge >= 0.3 is 0 Å². The lowest BCUT2D eigenvalue weighted by Crippen LogP contribution is -2.08. The van der Waals surface area contributed by atoms with Crippen molar-refractivity contribution in [1.82, 2.24) is 9.78 Å². The molecule has 0 radical (unpaired) electrons. The number of rotatable bonds is 3. The van der Waals surface area contributed by atoms with Crippen LogP contribution in [-0.2, 0) is 0 Å². The maximum atomic E-state index is 13.1. The normalized spacial score (nSPS) is 11.1. The van der Waals surface area contributed by atoms with E-state index in [4.69, 9.17) is 5.73 Å². The number of nitrogens with two attached hydrogens (primary N) is 1. The highest BCUT2D eigenvalue weighted by molar-refractivity contribution is 5.72. The first-order chi connectivity index (χ1) is 8.90. The summed E-state index contributed by atoms with van der Waals surface area (Å²) in [4.78, 5) is 0. The summed E-state index contributed by atoms with van der Waals surface area (Å²) in [6.07, 6.45) is 0. The Morgan fingerprint density at radius 2 is 2.00 bits per heavy atom. The van der Waals surface area contributed by atoms with Crippen molar-refractivity contribution in [3.63, 3.8) is 0 Å². The summed E-state index contributed by atoms with van der Waals surface area (Å²) in [6, 6.07) is 4.81. The van der Waals surface area contributed by atoms with Crippen LogP contribution in [0.15, 0.2) is 18.2 Å². The predicted molar refractivity (Wildman–Crippen MR) is 76.2 cm³/mol. The Bertz CT molecular complexity index is 602. The molecular formula is C14H19FN4. The van der Waals surface area contributed by atoms with Crippen LogP contribution in [0.5, 0.6) is 0 Å². The third-order valence-electron chi connectivity index (χ3n) is 3.06. The van der Waals surface area contributed by atoms with Gasteiger partial charge in [0.1, 0.15) is 5.82 Å². The van der Waals surface area contributed by atoms with E-state index in [2.05, 4.69) is 10.4 Å². The van der Waals surface area contributed by atoms with E-state index in [1.165, 1.54) is 12.1 Å². The van der Waals surface area contributed by atoms with Gasteiger partial charge in [0.25, 0.3) is 0 Å². The van der Waals surface area contributed by atoms with Crippen LogP contribution in [0.2, 0.25) is 0 Å². The molecule has 3 N–H and O–H groups in total. The molecule has 0 unspecified atom stereocenters. The lowest BCUT2D eigenvalue weighted by Gasteiger charge is -2.15. The number of nitrogens with one attached hydrogen (secondary N) is 1. The number of halogens is 1. The Morgan fingerprint density at radius 3 is 2.58 bits per heavy atom. The maximum Gasteiger partial charge on any atom is 0.152 e.